The molecule has 1 amide bonds. The van der Waals surface area contributed by atoms with Gasteiger partial charge in [-0.15, -0.1) is 0 Å². The van der Waals surface area contributed by atoms with Gasteiger partial charge in [-0.05, 0) is 67.3 Å². The van der Waals surface area contributed by atoms with Crippen LogP contribution in [0.15, 0.2) is 29.1 Å². The quantitative estimate of drug-likeness (QED) is 0.751. The van der Waals surface area contributed by atoms with Gasteiger partial charge in [-0.3, -0.25) is 9.59 Å². The maximum atomic E-state index is 15.0. The fourth-order valence-electron chi connectivity index (χ4n) is 4.12. The first-order chi connectivity index (χ1) is 13.5. The maximum absolute atomic E-state index is 15.0. The van der Waals surface area contributed by atoms with Crippen molar-refractivity contribution < 1.29 is 9.18 Å². The van der Waals surface area contributed by atoms with E-state index in [4.69, 9.17) is 11.6 Å². The van der Waals surface area contributed by atoms with Crippen molar-refractivity contribution in [1.82, 2.24) is 10.3 Å². The molecule has 4 nitrogen and oxygen atoms in total. The van der Waals surface area contributed by atoms with Gasteiger partial charge in [0.2, 0.25) is 5.91 Å². The summed E-state index contributed by atoms with van der Waals surface area (Å²) in [5, 5.41) is 3.47. The topological polar surface area (TPSA) is 62.0 Å². The van der Waals surface area contributed by atoms with Crippen molar-refractivity contribution in [3.05, 3.63) is 67.8 Å². The van der Waals surface area contributed by atoms with Crippen LogP contribution in [0, 0.1) is 5.82 Å². The van der Waals surface area contributed by atoms with Gasteiger partial charge in [0, 0.05) is 34.7 Å². The van der Waals surface area contributed by atoms with Gasteiger partial charge >= 0.3 is 0 Å². The number of carbonyl (C=O) groups excluding carboxylic acids is 1. The molecule has 0 radical (unpaired) electrons. The Hall–Kier alpha value is -2.14. The number of aromatic nitrogens is 1. The second kappa shape index (κ2) is 7.70. The van der Waals surface area contributed by atoms with Crippen molar-refractivity contribution in [1.29, 1.82) is 0 Å². The lowest BCUT2D eigenvalue weighted by Crippen LogP contribution is -2.28. The van der Waals surface area contributed by atoms with Gasteiger partial charge in [0.25, 0.3) is 5.56 Å². The van der Waals surface area contributed by atoms with Crippen LogP contribution in [0.25, 0.3) is 0 Å². The molecule has 148 valence electrons. The molecule has 6 heteroatoms. The van der Waals surface area contributed by atoms with Gasteiger partial charge in [-0.25, -0.2) is 4.39 Å². The Labute approximate surface area is 168 Å². The van der Waals surface area contributed by atoms with Crippen molar-refractivity contribution in [3.8, 4) is 0 Å². The fourth-order valence-corrected chi connectivity index (χ4v) is 4.43. The largest absolute Gasteiger partial charge is 0.353 e. The van der Waals surface area contributed by atoms with Crippen molar-refractivity contribution in [2.75, 3.05) is 0 Å². The number of pyridine rings is 1. The molecule has 0 bridgehead atoms. The fraction of sp³-hybridized carbons (Fsp3) is 0.455. The maximum Gasteiger partial charge on any atom is 0.251 e. The van der Waals surface area contributed by atoms with E-state index in [9.17, 15) is 14.0 Å². The third kappa shape index (κ3) is 3.86. The van der Waals surface area contributed by atoms with E-state index < -0.39 is 0 Å². The SMILES string of the molecule is CCc1cc(F)c(C(C[C@H]2CCC(=O)N2)c2ccc(C3CC3)c(=O)[nH]2)cc1Cl. The molecule has 0 spiro atoms. The molecule has 1 saturated carbocycles. The first-order valence-corrected chi connectivity index (χ1v) is 10.3. The van der Waals surface area contributed by atoms with Crippen LogP contribution < -0.4 is 10.9 Å². The standard InChI is InChI=1S/C22H24ClFN2O2/c1-2-12-9-19(24)16(11-18(12)23)17(10-14-5-8-21(27)25-14)20-7-6-15(13-3-4-13)22(28)26-20/h6-7,9,11,13-14,17H,2-5,8,10H2,1H3,(H,25,27)(H,26,28)/t14-,17?/m1/s1. The predicted octanol–water partition coefficient (Wildman–Crippen LogP) is 4.41. The summed E-state index contributed by atoms with van der Waals surface area (Å²) in [7, 11) is 0. The average molecular weight is 403 g/mol. The molecule has 2 fully saturated rings. The summed E-state index contributed by atoms with van der Waals surface area (Å²) >= 11 is 6.37. The molecule has 1 aromatic carbocycles. The first-order valence-electron chi connectivity index (χ1n) is 9.96. The van der Waals surface area contributed by atoms with E-state index in [0.29, 0.717) is 47.9 Å². The average Bonchev–Trinajstić information content (AvgIpc) is 3.43. The third-order valence-corrected chi connectivity index (χ3v) is 6.23. The molecule has 1 saturated heterocycles. The normalized spacial score (nSPS) is 20.2. The number of carbonyl (C=O) groups is 1. The lowest BCUT2D eigenvalue weighted by Gasteiger charge is -2.23. The van der Waals surface area contributed by atoms with E-state index in [1.165, 1.54) is 6.07 Å². The zero-order valence-corrected chi connectivity index (χ0v) is 16.6. The summed E-state index contributed by atoms with van der Waals surface area (Å²) in [4.78, 5) is 27.2. The molecule has 4 rings (SSSR count). The lowest BCUT2D eigenvalue weighted by atomic mass is 9.87. The monoisotopic (exact) mass is 402 g/mol. The Bertz CT molecular complexity index is 967. The van der Waals surface area contributed by atoms with E-state index in [-0.39, 0.29) is 29.2 Å². The summed E-state index contributed by atoms with van der Waals surface area (Å²) in [5.74, 6) is -0.350. The van der Waals surface area contributed by atoms with Crippen LogP contribution in [0.1, 0.15) is 73.2 Å². The molecule has 2 aliphatic rings. The van der Waals surface area contributed by atoms with Crippen LogP contribution in [0.3, 0.4) is 0 Å². The Morgan fingerprint density at radius 1 is 1.21 bits per heavy atom. The van der Waals surface area contributed by atoms with E-state index >= 15 is 0 Å². The van der Waals surface area contributed by atoms with Gasteiger partial charge in [0.1, 0.15) is 5.82 Å². The Morgan fingerprint density at radius 2 is 2.00 bits per heavy atom. The molecule has 2 heterocycles. The smallest absolute Gasteiger partial charge is 0.251 e. The highest BCUT2D eigenvalue weighted by atomic mass is 35.5. The number of hydrogen-bond donors (Lipinski definition) is 2. The van der Waals surface area contributed by atoms with Crippen molar-refractivity contribution in [3.63, 3.8) is 0 Å². The summed E-state index contributed by atoms with van der Waals surface area (Å²) in [5.41, 5.74) is 2.58. The Balaban J connectivity index is 1.74. The van der Waals surface area contributed by atoms with E-state index in [1.807, 2.05) is 19.1 Å². The zero-order chi connectivity index (χ0) is 19.8. The van der Waals surface area contributed by atoms with E-state index in [0.717, 1.165) is 24.0 Å². The number of benzene rings is 1. The lowest BCUT2D eigenvalue weighted by molar-refractivity contribution is -0.119. The number of aryl methyl sites for hydroxylation is 1. The molecular weight excluding hydrogens is 379 g/mol. The molecule has 1 aliphatic carbocycles. The molecule has 2 atom stereocenters. The molecule has 2 aromatic rings. The number of nitrogens with one attached hydrogen (secondary N) is 2. The summed E-state index contributed by atoms with van der Waals surface area (Å²) in [6.45, 7) is 1.93. The number of rotatable bonds is 6. The zero-order valence-electron chi connectivity index (χ0n) is 15.9. The van der Waals surface area contributed by atoms with E-state index in [1.54, 1.807) is 6.07 Å². The van der Waals surface area contributed by atoms with Crippen LogP contribution in [-0.2, 0) is 11.2 Å². The number of halogens is 2. The minimum atomic E-state index is -0.382. The number of hydrogen-bond acceptors (Lipinski definition) is 2. The molecule has 1 aliphatic heterocycles. The predicted molar refractivity (Wildman–Crippen MR) is 107 cm³/mol. The minimum Gasteiger partial charge on any atom is -0.353 e. The highest BCUT2D eigenvalue weighted by Crippen LogP contribution is 2.39. The molecule has 2 N–H and O–H groups in total. The van der Waals surface area contributed by atoms with Crippen LogP contribution in [-0.4, -0.2) is 16.9 Å². The summed E-state index contributed by atoms with van der Waals surface area (Å²) in [6.07, 6.45) is 4.44. The van der Waals surface area contributed by atoms with Gasteiger partial charge in [-0.1, -0.05) is 24.6 Å². The second-order valence-corrected chi connectivity index (χ2v) is 8.29. The minimum absolute atomic E-state index is 0.0150. The van der Waals surface area contributed by atoms with Crippen LogP contribution in [0.5, 0.6) is 0 Å². The highest BCUT2D eigenvalue weighted by molar-refractivity contribution is 6.31. The highest BCUT2D eigenvalue weighted by Gasteiger charge is 2.30. The molecular formula is C22H24ClFN2O2. The van der Waals surface area contributed by atoms with Crippen molar-refractivity contribution >= 4 is 17.5 Å². The summed E-state index contributed by atoms with van der Waals surface area (Å²) < 4.78 is 15.0. The van der Waals surface area contributed by atoms with Crippen LogP contribution >= 0.6 is 11.6 Å². The second-order valence-electron chi connectivity index (χ2n) is 7.88. The number of amides is 1. The van der Waals surface area contributed by atoms with Gasteiger partial charge in [0.05, 0.1) is 0 Å². The summed E-state index contributed by atoms with van der Waals surface area (Å²) in [6, 6.07) is 6.86. The van der Waals surface area contributed by atoms with Gasteiger partial charge in [-0.2, -0.15) is 0 Å². The van der Waals surface area contributed by atoms with Crippen molar-refractivity contribution in [2.24, 2.45) is 0 Å². The first kappa shape index (κ1) is 19.2. The molecule has 1 unspecified atom stereocenters. The number of aromatic amines is 1. The number of H-pyrrole nitrogens is 1. The third-order valence-electron chi connectivity index (χ3n) is 5.88. The van der Waals surface area contributed by atoms with E-state index in [2.05, 4.69) is 10.3 Å². The van der Waals surface area contributed by atoms with Crippen molar-refractivity contribution in [2.45, 2.75) is 63.3 Å². The van der Waals surface area contributed by atoms with Gasteiger partial charge < -0.3 is 10.3 Å². The Kier molecular flexibility index (Phi) is 5.28. The van der Waals surface area contributed by atoms with Crippen LogP contribution in [0.4, 0.5) is 4.39 Å². The Morgan fingerprint density at radius 3 is 2.61 bits per heavy atom. The van der Waals surface area contributed by atoms with Crippen LogP contribution in [0.2, 0.25) is 5.02 Å². The molecule has 1 aromatic heterocycles. The molecule has 28 heavy (non-hydrogen) atoms. The van der Waals surface area contributed by atoms with Gasteiger partial charge in [0.15, 0.2) is 0 Å².